The van der Waals surface area contributed by atoms with E-state index in [0.29, 0.717) is 94.1 Å². The lowest BCUT2D eigenvalue weighted by Crippen LogP contribution is -2.60. The molecule has 0 saturated carbocycles. The van der Waals surface area contributed by atoms with E-state index in [4.69, 9.17) is 0 Å². The van der Waals surface area contributed by atoms with Gasteiger partial charge in [0.25, 0.3) is 0 Å². The summed E-state index contributed by atoms with van der Waals surface area (Å²) in [4.78, 5) is 175. The van der Waals surface area contributed by atoms with Crippen LogP contribution in [0.4, 0.5) is 31.4 Å². The fraction of sp³-hybridized carbons (Fsp3) is 0.333. The van der Waals surface area contributed by atoms with E-state index in [1.807, 2.05) is 91.0 Å². The first-order chi connectivity index (χ1) is 45.2. The number of carbonyl (C=O) groups is 9. The molecule has 1 unspecified atom stereocenters. The number of urea groups is 3. The van der Waals surface area contributed by atoms with E-state index in [9.17, 15) is 57.5 Å². The van der Waals surface area contributed by atoms with Gasteiger partial charge < -0.3 is 0 Å². The van der Waals surface area contributed by atoms with Gasteiger partial charge in [-0.3, -0.25) is 43.5 Å². The van der Waals surface area contributed by atoms with Crippen LogP contribution >= 0.6 is 0 Å². The topological polar surface area (TPSA) is 239 Å². The highest BCUT2D eigenvalue weighted by atomic mass is 16.2. The van der Waals surface area contributed by atoms with Crippen LogP contribution in [0.2, 0.25) is 0 Å². The molecule has 0 bridgehead atoms. The molecule has 3 fully saturated rings. The van der Waals surface area contributed by atoms with Gasteiger partial charge in [0.2, 0.25) is 35.4 Å². The van der Waals surface area contributed by atoms with Crippen molar-refractivity contribution in [2.24, 2.45) is 17.8 Å². The van der Waals surface area contributed by atoms with Crippen molar-refractivity contribution in [3.63, 3.8) is 0 Å². The summed E-state index contributed by atoms with van der Waals surface area (Å²) in [5.74, 6) is -6.95. The van der Waals surface area contributed by atoms with Crippen molar-refractivity contribution >= 4 is 70.6 Å². The van der Waals surface area contributed by atoms with Crippen molar-refractivity contribution in [1.29, 1.82) is 0 Å². The number of hydrogen-bond donors (Lipinski definition) is 0. The third kappa shape index (κ3) is 15.2. The number of unbranched alkanes of at least 4 members (excludes halogenated alkanes) is 9. The number of rotatable bonds is 30. The monoisotopic (exact) mass is 1260 g/mol. The van der Waals surface area contributed by atoms with E-state index in [0.717, 1.165) is 59.8 Å². The van der Waals surface area contributed by atoms with E-state index < -0.39 is 88.4 Å². The van der Waals surface area contributed by atoms with E-state index in [1.165, 1.54) is 0 Å². The lowest BCUT2D eigenvalue weighted by molar-refractivity contribution is -0.142. The number of barbiturate groups is 3. The molecule has 6 aromatic carbocycles. The number of carbonyl (C=O) groups excluding carboxylic acids is 9. The maximum Gasteiger partial charge on any atom is 0.338 e. The zero-order chi connectivity index (χ0) is 65.4. The molecule has 3 saturated heterocycles. The van der Waals surface area contributed by atoms with Crippen LogP contribution in [0.5, 0.6) is 0 Å². The van der Waals surface area contributed by atoms with Gasteiger partial charge in [-0.1, -0.05) is 184 Å². The molecule has 12 amide bonds. The second kappa shape index (κ2) is 31.1. The summed E-state index contributed by atoms with van der Waals surface area (Å²) in [6.07, 6.45) is 5.21. The Kier molecular flexibility index (Phi) is 21.9. The highest BCUT2D eigenvalue weighted by Crippen LogP contribution is 2.31. The summed E-state index contributed by atoms with van der Waals surface area (Å²) in [7, 11) is 0. The van der Waals surface area contributed by atoms with Crippen LogP contribution < -0.4 is 31.8 Å². The largest absolute Gasteiger partial charge is 0.338 e. The Morgan fingerprint density at radius 1 is 0.226 bits per heavy atom. The van der Waals surface area contributed by atoms with E-state index in [-0.39, 0.29) is 58.5 Å². The number of para-hydroxylation sites is 3. The van der Waals surface area contributed by atoms with Crippen molar-refractivity contribution in [2.45, 2.75) is 116 Å². The number of nitrogens with zero attached hydrogens (tertiary/aromatic N) is 9. The van der Waals surface area contributed by atoms with Crippen LogP contribution in [0, 0.1) is 17.8 Å². The van der Waals surface area contributed by atoms with Crippen LogP contribution in [0.15, 0.2) is 196 Å². The molecule has 0 N–H and O–H groups in total. The Bertz CT molecular complexity index is 3570. The SMILES string of the molecule is O=C1C(Cc2ccccc2)C(=O)N(c2ccccc2)C(=O)N1CCCCCCn1c(=O)n(CCCCCCN2C(=O)[C@@H](Cc3ccccc3)C(=O)N(c3ccccc3)C2=O)c(=O)n(CCCCCCN2C(=O)[C@H](Cc3ccccc3)C(=O)N(c3ccccc3)C2=O)c1=O. The van der Waals surface area contributed by atoms with Gasteiger partial charge in [-0.05, 0) is 111 Å². The molecule has 3 atom stereocenters. The predicted molar refractivity (Wildman–Crippen MR) is 349 cm³/mol. The Labute approximate surface area is 538 Å². The fourth-order valence-corrected chi connectivity index (χ4v) is 12.3. The van der Waals surface area contributed by atoms with Gasteiger partial charge in [-0.2, -0.15) is 0 Å². The van der Waals surface area contributed by atoms with Crippen molar-refractivity contribution < 1.29 is 43.2 Å². The molecule has 7 aromatic rings. The predicted octanol–water partition coefficient (Wildman–Crippen LogP) is 9.42. The number of imide groups is 6. The Hall–Kier alpha value is -10.4. The first-order valence-electron chi connectivity index (χ1n) is 32.0. The van der Waals surface area contributed by atoms with Crippen LogP contribution in [0.25, 0.3) is 0 Å². The molecule has 10 rings (SSSR count). The number of hydrogen-bond acceptors (Lipinski definition) is 12. The minimum absolute atomic E-state index is 0.0215. The zero-order valence-electron chi connectivity index (χ0n) is 51.8. The van der Waals surface area contributed by atoms with E-state index in [1.54, 1.807) is 91.0 Å². The molecule has 0 radical (unpaired) electrons. The molecular formula is C72H75N9O12. The Morgan fingerprint density at radius 3 is 0.656 bits per heavy atom. The maximum atomic E-state index is 14.3. The molecule has 93 heavy (non-hydrogen) atoms. The summed E-state index contributed by atoms with van der Waals surface area (Å²) < 4.78 is 3.15. The minimum atomic E-state index is -1.13. The first-order valence-corrected chi connectivity index (χ1v) is 32.0. The van der Waals surface area contributed by atoms with Crippen molar-refractivity contribution in [1.82, 2.24) is 28.4 Å². The molecule has 1 aromatic heterocycles. The smallest absolute Gasteiger partial charge is 0.273 e. The first kappa shape index (κ1) is 65.5. The summed E-state index contributed by atoms with van der Waals surface area (Å²) in [5.41, 5.74) is 0.979. The highest BCUT2D eigenvalue weighted by molar-refractivity contribution is 6.29. The molecule has 480 valence electrons. The van der Waals surface area contributed by atoms with Crippen LogP contribution in [-0.4, -0.2) is 102 Å². The van der Waals surface area contributed by atoms with Gasteiger partial charge in [0.1, 0.15) is 17.8 Å². The summed E-state index contributed by atoms with van der Waals surface area (Å²) in [6.45, 7) is -0.0835. The zero-order valence-corrected chi connectivity index (χ0v) is 51.8. The van der Waals surface area contributed by atoms with Crippen molar-refractivity contribution in [2.75, 3.05) is 34.3 Å². The molecule has 0 aliphatic carbocycles. The molecular weight excluding hydrogens is 1180 g/mol. The van der Waals surface area contributed by atoms with Crippen LogP contribution in [-0.2, 0) is 67.7 Å². The third-order valence-corrected chi connectivity index (χ3v) is 17.3. The standard InChI is InChI=1S/C72H75N9O12/c82-61-58(49-52-31-13-7-14-32-52)64(85)79(55-37-19-10-20-38-55)70(91)73(61)43-25-1-4-28-46-76-67(88)77(47-29-5-2-26-44-74-62(83)59(50-53-33-15-8-16-34-53)65(86)80(71(74)92)56-39-21-11-22-40-56)69(90)78(68(76)89)48-30-6-3-27-45-75-63(84)60(51-54-35-17-9-18-36-54)66(87)81(72(75)93)57-41-23-12-24-42-57/h7-24,31-42,58-60H,1-6,25-30,43-51H2/t58-,59+,60?. The normalized spacial score (nSPS) is 17.2. The summed E-state index contributed by atoms with van der Waals surface area (Å²) in [6, 6.07) is 50.5. The minimum Gasteiger partial charge on any atom is -0.273 e. The molecule has 21 heteroatoms. The van der Waals surface area contributed by atoms with Crippen molar-refractivity contribution in [3.8, 4) is 0 Å². The Balaban J connectivity index is 0.794. The molecule has 3 aliphatic heterocycles. The lowest BCUT2D eigenvalue weighted by atomic mass is 9.94. The van der Waals surface area contributed by atoms with Gasteiger partial charge >= 0.3 is 35.2 Å². The quantitative estimate of drug-likeness (QED) is 0.0302. The number of amides is 12. The Morgan fingerprint density at radius 2 is 0.430 bits per heavy atom. The average molecular weight is 1260 g/mol. The second-order valence-electron chi connectivity index (χ2n) is 23.6. The van der Waals surface area contributed by atoms with Crippen LogP contribution in [0.3, 0.4) is 0 Å². The number of anilines is 3. The van der Waals surface area contributed by atoms with Gasteiger partial charge in [-0.15, -0.1) is 0 Å². The molecule has 21 nitrogen and oxygen atoms in total. The third-order valence-electron chi connectivity index (χ3n) is 17.3. The fourth-order valence-electron chi connectivity index (χ4n) is 12.3. The molecule has 4 heterocycles. The number of benzene rings is 6. The summed E-state index contributed by atoms with van der Waals surface area (Å²) in [5, 5.41) is 0. The number of aromatic nitrogens is 3. The maximum absolute atomic E-state index is 14.3. The van der Waals surface area contributed by atoms with Gasteiger partial charge in [0, 0.05) is 39.3 Å². The van der Waals surface area contributed by atoms with E-state index in [2.05, 4.69) is 0 Å². The second-order valence-corrected chi connectivity index (χ2v) is 23.6. The summed E-state index contributed by atoms with van der Waals surface area (Å²) >= 11 is 0. The molecule has 0 spiro atoms. The van der Waals surface area contributed by atoms with Gasteiger partial charge in [-0.25, -0.2) is 57.2 Å². The average Bonchev–Trinajstić information content (AvgIpc) is 0.827. The molecule has 3 aliphatic rings. The van der Waals surface area contributed by atoms with Crippen molar-refractivity contribution in [3.05, 3.63) is 230 Å². The van der Waals surface area contributed by atoms with Crippen LogP contribution in [0.1, 0.15) is 93.7 Å². The lowest BCUT2D eigenvalue weighted by Gasteiger charge is -2.37. The van der Waals surface area contributed by atoms with Gasteiger partial charge in [0.05, 0.1) is 17.1 Å². The highest BCUT2D eigenvalue weighted by Gasteiger charge is 2.49. The van der Waals surface area contributed by atoms with E-state index >= 15 is 0 Å². The van der Waals surface area contributed by atoms with Gasteiger partial charge in [0.15, 0.2) is 0 Å².